The molecule has 1 aliphatic carbocycles. The van der Waals surface area contributed by atoms with Crippen LogP contribution >= 0.6 is 0 Å². The minimum atomic E-state index is 0.296. The number of hydrogen-bond donors (Lipinski definition) is 1. The first-order valence-electron chi connectivity index (χ1n) is 9.36. The summed E-state index contributed by atoms with van der Waals surface area (Å²) in [6.45, 7) is 0. The molecule has 27 heavy (non-hydrogen) atoms. The fourth-order valence-corrected chi connectivity index (χ4v) is 3.96. The van der Waals surface area contributed by atoms with Gasteiger partial charge in [-0.1, -0.05) is 48.5 Å². The summed E-state index contributed by atoms with van der Waals surface area (Å²) in [6.07, 6.45) is 6.59. The molecule has 4 heteroatoms. The molecule has 4 nitrogen and oxygen atoms in total. The Labute approximate surface area is 158 Å². The molecule has 0 bridgehead atoms. The van der Waals surface area contributed by atoms with Crippen molar-refractivity contribution in [3.05, 3.63) is 95.4 Å². The van der Waals surface area contributed by atoms with Crippen LogP contribution in [0.5, 0.6) is 0 Å². The SMILES string of the molecule is c1ccc2c(c1)CCC2Nc1nnc(Cc2ccncc2)c2ccccc12. The van der Waals surface area contributed by atoms with Crippen LogP contribution in [0.3, 0.4) is 0 Å². The average molecular weight is 352 g/mol. The van der Waals surface area contributed by atoms with E-state index in [9.17, 15) is 0 Å². The molecule has 0 fully saturated rings. The molecule has 1 unspecified atom stereocenters. The second-order valence-corrected chi connectivity index (χ2v) is 7.01. The highest BCUT2D eigenvalue weighted by atomic mass is 15.2. The molecule has 0 saturated carbocycles. The molecule has 0 radical (unpaired) electrons. The summed E-state index contributed by atoms with van der Waals surface area (Å²) < 4.78 is 0. The summed E-state index contributed by atoms with van der Waals surface area (Å²) in [6, 6.07) is 21.4. The molecule has 1 atom stereocenters. The van der Waals surface area contributed by atoms with Crippen LogP contribution in [0.2, 0.25) is 0 Å². The lowest BCUT2D eigenvalue weighted by atomic mass is 10.0. The molecule has 2 aromatic heterocycles. The molecule has 0 saturated heterocycles. The molecular weight excluding hydrogens is 332 g/mol. The molecule has 2 aromatic carbocycles. The summed E-state index contributed by atoms with van der Waals surface area (Å²) in [5.74, 6) is 0.866. The fourth-order valence-electron chi connectivity index (χ4n) is 3.96. The quantitative estimate of drug-likeness (QED) is 0.578. The third kappa shape index (κ3) is 3.04. The topological polar surface area (TPSA) is 50.7 Å². The highest BCUT2D eigenvalue weighted by Crippen LogP contribution is 2.35. The van der Waals surface area contributed by atoms with E-state index < -0.39 is 0 Å². The van der Waals surface area contributed by atoms with E-state index in [1.54, 1.807) is 0 Å². The van der Waals surface area contributed by atoms with Gasteiger partial charge in [-0.05, 0) is 41.7 Å². The molecule has 4 aromatic rings. The second kappa shape index (κ2) is 6.80. The van der Waals surface area contributed by atoms with Crippen LogP contribution in [-0.2, 0) is 12.8 Å². The van der Waals surface area contributed by atoms with Gasteiger partial charge in [-0.15, -0.1) is 5.10 Å². The van der Waals surface area contributed by atoms with E-state index >= 15 is 0 Å². The predicted octanol–water partition coefficient (Wildman–Crippen LogP) is 4.72. The Morgan fingerprint density at radius 2 is 1.63 bits per heavy atom. The van der Waals surface area contributed by atoms with Gasteiger partial charge < -0.3 is 5.32 Å². The monoisotopic (exact) mass is 352 g/mol. The maximum atomic E-state index is 4.57. The number of fused-ring (bicyclic) bond motifs is 2. The Hall–Kier alpha value is -3.27. The number of nitrogens with zero attached hydrogens (tertiary/aromatic N) is 3. The van der Waals surface area contributed by atoms with Crippen LogP contribution in [-0.4, -0.2) is 15.2 Å². The van der Waals surface area contributed by atoms with Crippen molar-refractivity contribution >= 4 is 16.6 Å². The Morgan fingerprint density at radius 1 is 0.852 bits per heavy atom. The van der Waals surface area contributed by atoms with Crippen molar-refractivity contribution in [1.29, 1.82) is 0 Å². The van der Waals surface area contributed by atoms with Gasteiger partial charge in [0, 0.05) is 29.6 Å². The van der Waals surface area contributed by atoms with Gasteiger partial charge in [0.15, 0.2) is 5.82 Å². The lowest BCUT2D eigenvalue weighted by Gasteiger charge is -2.17. The molecule has 0 amide bonds. The number of rotatable bonds is 4. The Bertz CT molecular complexity index is 1090. The molecule has 5 rings (SSSR count). The first-order chi connectivity index (χ1) is 13.4. The van der Waals surface area contributed by atoms with E-state index in [-0.39, 0.29) is 0 Å². The minimum absolute atomic E-state index is 0.296. The van der Waals surface area contributed by atoms with Crippen LogP contribution in [0.1, 0.15) is 34.8 Å². The van der Waals surface area contributed by atoms with Crippen molar-refractivity contribution in [3.8, 4) is 0 Å². The lowest BCUT2D eigenvalue weighted by molar-refractivity contribution is 0.753. The summed E-state index contributed by atoms with van der Waals surface area (Å²) in [7, 11) is 0. The van der Waals surface area contributed by atoms with Crippen molar-refractivity contribution in [2.24, 2.45) is 0 Å². The number of aryl methyl sites for hydroxylation is 1. The van der Waals surface area contributed by atoms with Gasteiger partial charge in [0.1, 0.15) is 0 Å². The third-order valence-corrected chi connectivity index (χ3v) is 5.33. The summed E-state index contributed by atoms with van der Waals surface area (Å²) in [5, 5.41) is 15.1. The van der Waals surface area contributed by atoms with Crippen molar-refractivity contribution in [2.45, 2.75) is 25.3 Å². The van der Waals surface area contributed by atoms with E-state index in [2.05, 4.69) is 69.0 Å². The summed E-state index contributed by atoms with van der Waals surface area (Å²) in [5.41, 5.74) is 5.00. The Kier molecular flexibility index (Phi) is 4.02. The van der Waals surface area contributed by atoms with Gasteiger partial charge in [-0.2, -0.15) is 5.10 Å². The van der Waals surface area contributed by atoms with Gasteiger partial charge in [-0.3, -0.25) is 4.98 Å². The highest BCUT2D eigenvalue weighted by molar-refractivity contribution is 5.93. The number of nitrogens with one attached hydrogen (secondary N) is 1. The summed E-state index contributed by atoms with van der Waals surface area (Å²) in [4.78, 5) is 4.09. The van der Waals surface area contributed by atoms with Crippen LogP contribution < -0.4 is 5.32 Å². The second-order valence-electron chi connectivity index (χ2n) is 7.01. The van der Waals surface area contributed by atoms with E-state index in [1.165, 1.54) is 16.7 Å². The number of benzene rings is 2. The zero-order valence-corrected chi connectivity index (χ0v) is 15.0. The van der Waals surface area contributed by atoms with Crippen LogP contribution in [0.4, 0.5) is 5.82 Å². The molecular formula is C23H20N4. The summed E-state index contributed by atoms with van der Waals surface area (Å²) >= 11 is 0. The third-order valence-electron chi connectivity index (χ3n) is 5.33. The molecule has 1 aliphatic rings. The van der Waals surface area contributed by atoms with Crippen LogP contribution in [0.25, 0.3) is 10.8 Å². The lowest BCUT2D eigenvalue weighted by Crippen LogP contribution is -2.10. The molecule has 0 aliphatic heterocycles. The van der Waals surface area contributed by atoms with E-state index in [0.29, 0.717) is 6.04 Å². The minimum Gasteiger partial charge on any atom is -0.361 e. The van der Waals surface area contributed by atoms with Crippen molar-refractivity contribution in [3.63, 3.8) is 0 Å². The van der Waals surface area contributed by atoms with Gasteiger partial charge in [-0.25, -0.2) is 0 Å². The zero-order chi connectivity index (χ0) is 18.1. The van der Waals surface area contributed by atoms with E-state index in [1.807, 2.05) is 24.5 Å². The van der Waals surface area contributed by atoms with Crippen molar-refractivity contribution in [1.82, 2.24) is 15.2 Å². The molecule has 2 heterocycles. The highest BCUT2D eigenvalue weighted by Gasteiger charge is 2.23. The normalized spacial score (nSPS) is 15.6. The number of pyridine rings is 1. The van der Waals surface area contributed by atoms with Crippen molar-refractivity contribution < 1.29 is 0 Å². The maximum absolute atomic E-state index is 4.57. The maximum Gasteiger partial charge on any atom is 0.157 e. The Balaban J connectivity index is 1.50. The molecule has 0 spiro atoms. The zero-order valence-electron chi connectivity index (χ0n) is 15.0. The Morgan fingerprint density at radius 3 is 2.52 bits per heavy atom. The largest absolute Gasteiger partial charge is 0.361 e. The van der Waals surface area contributed by atoms with Gasteiger partial charge >= 0.3 is 0 Å². The van der Waals surface area contributed by atoms with Crippen molar-refractivity contribution in [2.75, 3.05) is 5.32 Å². The smallest absolute Gasteiger partial charge is 0.157 e. The average Bonchev–Trinajstić information content (AvgIpc) is 3.14. The number of hydrogen-bond acceptors (Lipinski definition) is 4. The van der Waals surface area contributed by atoms with E-state index in [0.717, 1.165) is 41.5 Å². The predicted molar refractivity (Wildman–Crippen MR) is 108 cm³/mol. The van der Waals surface area contributed by atoms with Gasteiger partial charge in [0.05, 0.1) is 11.7 Å². The standard InChI is InChI=1S/C23H20N4/c1-2-6-18-17(5-1)9-10-21(18)25-23-20-8-4-3-7-19(20)22(26-27-23)15-16-11-13-24-14-12-16/h1-8,11-14,21H,9-10,15H2,(H,25,27). The van der Waals surface area contributed by atoms with Gasteiger partial charge in [0.2, 0.25) is 0 Å². The molecule has 132 valence electrons. The van der Waals surface area contributed by atoms with E-state index in [4.69, 9.17) is 0 Å². The number of anilines is 1. The van der Waals surface area contributed by atoms with Crippen LogP contribution in [0, 0.1) is 0 Å². The van der Waals surface area contributed by atoms with Gasteiger partial charge in [0.25, 0.3) is 0 Å². The number of aromatic nitrogens is 3. The first kappa shape index (κ1) is 15.9. The van der Waals surface area contributed by atoms with Crippen LogP contribution in [0.15, 0.2) is 73.1 Å². The first-order valence-corrected chi connectivity index (χ1v) is 9.36. The fraction of sp³-hybridized carbons (Fsp3) is 0.174. The molecule has 1 N–H and O–H groups in total.